The first-order valence-corrected chi connectivity index (χ1v) is 4.62. The number of pyridine rings is 1. The number of rotatable bonds is 3. The molecule has 0 spiro atoms. The lowest BCUT2D eigenvalue weighted by molar-refractivity contribution is 0.895. The van der Waals surface area contributed by atoms with E-state index in [0.717, 1.165) is 17.7 Å². The van der Waals surface area contributed by atoms with Crippen molar-refractivity contribution in [3.8, 4) is 0 Å². The number of hydrogen-bond donors (Lipinski definition) is 2. The molecule has 0 radical (unpaired) electrons. The average Bonchev–Trinajstić information content (AvgIpc) is 2.11. The van der Waals surface area contributed by atoms with E-state index in [9.17, 15) is 4.79 Å². The summed E-state index contributed by atoms with van der Waals surface area (Å²) in [7, 11) is 0. The summed E-state index contributed by atoms with van der Waals surface area (Å²) in [5.74, 6) is 0. The van der Waals surface area contributed by atoms with Gasteiger partial charge in [0.25, 0.3) is 5.56 Å². The number of H-pyrrole nitrogens is 1. The van der Waals surface area contributed by atoms with Gasteiger partial charge < -0.3 is 4.98 Å². The van der Waals surface area contributed by atoms with Crippen LogP contribution in [0.3, 0.4) is 0 Å². The fourth-order valence-electron chi connectivity index (χ4n) is 1.26. The monoisotopic (exact) mass is 200 g/mol. The Morgan fingerprint density at radius 3 is 2.77 bits per heavy atom. The molecular weight excluding hydrogens is 188 g/mol. The predicted molar refractivity (Wildman–Crippen MR) is 53.9 cm³/mol. The van der Waals surface area contributed by atoms with Gasteiger partial charge in [-0.25, -0.2) is 4.84 Å². The summed E-state index contributed by atoms with van der Waals surface area (Å²) in [6.45, 7) is 4.31. The Bertz CT molecular complexity index is 346. The second-order valence-corrected chi connectivity index (χ2v) is 3.22. The van der Waals surface area contributed by atoms with Gasteiger partial charge >= 0.3 is 0 Å². The molecule has 1 aromatic rings. The summed E-state index contributed by atoms with van der Waals surface area (Å²) in [6, 6.07) is 1.98. The van der Waals surface area contributed by atoms with Gasteiger partial charge in [-0.15, -0.1) is 0 Å². The molecule has 0 saturated carbocycles. The first kappa shape index (κ1) is 10.3. The highest BCUT2D eigenvalue weighted by atomic mass is 35.5. The van der Waals surface area contributed by atoms with E-state index in [4.69, 9.17) is 11.8 Å². The standard InChI is InChI=1S/C9H13ClN2O/c1-3-7-4-6(2)8(5-11-10)9(13)12-7/h4,11H,3,5H2,1-2H3,(H,12,13). The highest BCUT2D eigenvalue weighted by Crippen LogP contribution is 2.04. The number of aromatic nitrogens is 1. The van der Waals surface area contributed by atoms with E-state index >= 15 is 0 Å². The fourth-order valence-corrected chi connectivity index (χ4v) is 1.40. The Balaban J connectivity index is 3.15. The maximum atomic E-state index is 11.5. The molecule has 1 heterocycles. The molecule has 0 unspecified atom stereocenters. The molecule has 0 aliphatic rings. The van der Waals surface area contributed by atoms with Gasteiger partial charge in [-0.1, -0.05) is 6.92 Å². The zero-order valence-electron chi connectivity index (χ0n) is 7.78. The van der Waals surface area contributed by atoms with Crippen LogP contribution >= 0.6 is 11.8 Å². The largest absolute Gasteiger partial charge is 0.326 e. The molecule has 72 valence electrons. The summed E-state index contributed by atoms with van der Waals surface area (Å²) in [5.41, 5.74) is 2.59. The molecule has 1 aromatic heterocycles. The van der Waals surface area contributed by atoms with Crippen molar-refractivity contribution in [2.75, 3.05) is 0 Å². The molecule has 13 heavy (non-hydrogen) atoms. The van der Waals surface area contributed by atoms with Crippen molar-refractivity contribution in [2.24, 2.45) is 0 Å². The van der Waals surface area contributed by atoms with Crippen LogP contribution in [0.1, 0.15) is 23.7 Å². The average molecular weight is 201 g/mol. The maximum Gasteiger partial charge on any atom is 0.252 e. The minimum absolute atomic E-state index is 0.0509. The topological polar surface area (TPSA) is 44.9 Å². The molecule has 0 atom stereocenters. The number of hydrogen-bond acceptors (Lipinski definition) is 2. The Morgan fingerprint density at radius 1 is 1.62 bits per heavy atom. The van der Waals surface area contributed by atoms with Crippen molar-refractivity contribution in [2.45, 2.75) is 26.8 Å². The van der Waals surface area contributed by atoms with Crippen molar-refractivity contribution in [3.63, 3.8) is 0 Å². The lowest BCUT2D eigenvalue weighted by atomic mass is 10.1. The van der Waals surface area contributed by atoms with E-state index in [1.807, 2.05) is 19.9 Å². The van der Waals surface area contributed by atoms with Gasteiger partial charge in [-0.05, 0) is 36.8 Å². The summed E-state index contributed by atoms with van der Waals surface area (Å²) in [5, 5.41) is 0. The van der Waals surface area contributed by atoms with Gasteiger partial charge in [0.2, 0.25) is 0 Å². The number of aromatic amines is 1. The molecule has 0 aromatic carbocycles. The van der Waals surface area contributed by atoms with Gasteiger partial charge in [-0.2, -0.15) is 0 Å². The third kappa shape index (κ3) is 2.32. The molecule has 0 fully saturated rings. The second kappa shape index (κ2) is 4.44. The predicted octanol–water partition coefficient (Wildman–Crippen LogP) is 1.49. The van der Waals surface area contributed by atoms with Crippen LogP contribution in [-0.2, 0) is 13.0 Å². The van der Waals surface area contributed by atoms with Gasteiger partial charge in [0.05, 0.1) is 0 Å². The van der Waals surface area contributed by atoms with Crippen LogP contribution in [0.25, 0.3) is 0 Å². The van der Waals surface area contributed by atoms with E-state index in [0.29, 0.717) is 12.1 Å². The Morgan fingerprint density at radius 2 is 2.31 bits per heavy atom. The smallest absolute Gasteiger partial charge is 0.252 e. The first-order chi connectivity index (χ1) is 6.19. The molecule has 3 nitrogen and oxygen atoms in total. The van der Waals surface area contributed by atoms with Crippen molar-refractivity contribution >= 4 is 11.8 Å². The van der Waals surface area contributed by atoms with E-state index in [2.05, 4.69) is 9.82 Å². The highest BCUT2D eigenvalue weighted by Gasteiger charge is 2.04. The molecule has 0 amide bonds. The maximum absolute atomic E-state index is 11.5. The molecule has 4 heteroatoms. The van der Waals surface area contributed by atoms with Crippen LogP contribution < -0.4 is 10.4 Å². The van der Waals surface area contributed by atoms with E-state index in [1.165, 1.54) is 0 Å². The molecular formula is C9H13ClN2O. The highest BCUT2D eigenvalue weighted by molar-refractivity contribution is 6.13. The van der Waals surface area contributed by atoms with Gasteiger partial charge in [-0.3, -0.25) is 4.79 Å². The third-order valence-electron chi connectivity index (χ3n) is 2.04. The van der Waals surface area contributed by atoms with Crippen molar-refractivity contribution in [1.82, 2.24) is 9.82 Å². The minimum atomic E-state index is -0.0509. The zero-order chi connectivity index (χ0) is 9.84. The van der Waals surface area contributed by atoms with Crippen molar-refractivity contribution in [3.05, 3.63) is 33.2 Å². The third-order valence-corrected chi connectivity index (χ3v) is 2.17. The summed E-state index contributed by atoms with van der Waals surface area (Å²) in [6.07, 6.45) is 0.838. The van der Waals surface area contributed by atoms with E-state index in [-0.39, 0.29) is 5.56 Å². The quantitative estimate of drug-likeness (QED) is 0.727. The molecule has 1 rings (SSSR count). The van der Waals surface area contributed by atoms with Gasteiger partial charge in [0.15, 0.2) is 0 Å². The fraction of sp³-hybridized carbons (Fsp3) is 0.444. The van der Waals surface area contributed by atoms with E-state index < -0.39 is 0 Å². The number of nitrogens with one attached hydrogen (secondary N) is 2. The van der Waals surface area contributed by atoms with Crippen LogP contribution in [0.2, 0.25) is 0 Å². The lowest BCUT2D eigenvalue weighted by Crippen LogP contribution is -2.19. The van der Waals surface area contributed by atoms with Crippen LogP contribution in [0.15, 0.2) is 10.9 Å². The first-order valence-electron chi connectivity index (χ1n) is 4.24. The van der Waals surface area contributed by atoms with E-state index in [1.54, 1.807) is 0 Å². The lowest BCUT2D eigenvalue weighted by Gasteiger charge is -2.05. The molecule has 0 aliphatic heterocycles. The SMILES string of the molecule is CCc1cc(C)c(CNCl)c(=O)[nH]1. The number of aryl methyl sites for hydroxylation is 2. The molecule has 2 N–H and O–H groups in total. The molecule has 0 bridgehead atoms. The van der Waals surface area contributed by atoms with Crippen LogP contribution in [0.4, 0.5) is 0 Å². The summed E-state index contributed by atoms with van der Waals surface area (Å²) in [4.78, 5) is 16.7. The van der Waals surface area contributed by atoms with Crippen LogP contribution in [0.5, 0.6) is 0 Å². The molecule has 0 saturated heterocycles. The summed E-state index contributed by atoms with van der Waals surface area (Å²) >= 11 is 5.35. The van der Waals surface area contributed by atoms with Crippen LogP contribution in [-0.4, -0.2) is 4.98 Å². The number of halogens is 1. The van der Waals surface area contributed by atoms with Crippen LogP contribution in [0, 0.1) is 6.92 Å². The summed E-state index contributed by atoms with van der Waals surface area (Å²) < 4.78 is 0. The normalized spacial score (nSPS) is 10.4. The Hall–Kier alpha value is -0.800. The zero-order valence-corrected chi connectivity index (χ0v) is 8.53. The Labute approximate surface area is 82.2 Å². The van der Waals surface area contributed by atoms with Gasteiger partial charge in [0.1, 0.15) is 0 Å². The van der Waals surface area contributed by atoms with Crippen molar-refractivity contribution in [1.29, 1.82) is 0 Å². The van der Waals surface area contributed by atoms with Crippen molar-refractivity contribution < 1.29 is 0 Å². The Kier molecular flexibility index (Phi) is 3.51. The second-order valence-electron chi connectivity index (χ2n) is 2.95. The molecule has 0 aliphatic carbocycles. The van der Waals surface area contributed by atoms with Gasteiger partial charge in [0, 0.05) is 17.8 Å². The minimum Gasteiger partial charge on any atom is -0.326 e.